The summed E-state index contributed by atoms with van der Waals surface area (Å²) >= 11 is 0.0736. The number of hydrogen-bond donors (Lipinski definition) is 0. The molecular formula is C16H35SSn. The van der Waals surface area contributed by atoms with E-state index in [9.17, 15) is 0 Å². The summed E-state index contributed by atoms with van der Waals surface area (Å²) in [6, 6.07) is 0. The van der Waals surface area contributed by atoms with Crippen LogP contribution in [0.25, 0.3) is 0 Å². The topological polar surface area (TPSA) is 0 Å². The van der Waals surface area contributed by atoms with Gasteiger partial charge < -0.3 is 13.5 Å². The molecule has 0 saturated carbocycles. The van der Waals surface area contributed by atoms with Crippen molar-refractivity contribution in [2.45, 2.75) is 99.8 Å². The van der Waals surface area contributed by atoms with Crippen LogP contribution in [0, 0.1) is 0 Å². The Morgan fingerprint density at radius 3 is 1.22 bits per heavy atom. The van der Waals surface area contributed by atoms with Gasteiger partial charge in [-0.25, -0.2) is 0 Å². The first-order chi connectivity index (χ1) is 8.41. The third-order valence-corrected chi connectivity index (χ3v) is 7.45. The van der Waals surface area contributed by atoms with Crippen molar-refractivity contribution in [3.05, 3.63) is 0 Å². The van der Waals surface area contributed by atoms with Gasteiger partial charge in [0.15, 0.2) is 0 Å². The SMILES string of the molecule is CCCCCCC[CH2][Sn+][CH2]CCCCCCC.[SH-]. The minimum absolute atomic E-state index is 0. The third-order valence-electron chi connectivity index (χ3n) is 3.41. The van der Waals surface area contributed by atoms with E-state index >= 15 is 0 Å². The van der Waals surface area contributed by atoms with E-state index in [0.717, 1.165) is 0 Å². The summed E-state index contributed by atoms with van der Waals surface area (Å²) in [5, 5.41) is 0. The number of rotatable bonds is 14. The average molecular weight is 378 g/mol. The van der Waals surface area contributed by atoms with E-state index in [4.69, 9.17) is 0 Å². The molecule has 0 fully saturated rings. The van der Waals surface area contributed by atoms with E-state index in [1.54, 1.807) is 21.7 Å². The third kappa shape index (κ3) is 19.5. The summed E-state index contributed by atoms with van der Waals surface area (Å²) in [6.07, 6.45) is 17.8. The van der Waals surface area contributed by atoms with Gasteiger partial charge in [-0.15, -0.1) is 0 Å². The van der Waals surface area contributed by atoms with Gasteiger partial charge in [-0.2, -0.15) is 0 Å². The molecule has 0 aliphatic carbocycles. The van der Waals surface area contributed by atoms with Crippen molar-refractivity contribution < 1.29 is 0 Å². The Morgan fingerprint density at radius 1 is 0.500 bits per heavy atom. The Morgan fingerprint density at radius 2 is 0.833 bits per heavy atom. The first-order valence-corrected chi connectivity index (χ1v) is 12.2. The Labute approximate surface area is 134 Å². The van der Waals surface area contributed by atoms with E-state index in [2.05, 4.69) is 13.8 Å². The predicted molar refractivity (Wildman–Crippen MR) is 90.9 cm³/mol. The smallest absolute Gasteiger partial charge is 0.813 e. The Hall–Kier alpha value is 1.15. The van der Waals surface area contributed by atoms with Crippen LogP contribution in [0.15, 0.2) is 0 Å². The monoisotopic (exact) mass is 379 g/mol. The molecule has 109 valence electrons. The molecule has 2 heteroatoms. The van der Waals surface area contributed by atoms with E-state index in [1.165, 1.54) is 64.2 Å². The van der Waals surface area contributed by atoms with Crippen LogP contribution in [0.5, 0.6) is 0 Å². The van der Waals surface area contributed by atoms with Crippen LogP contribution in [0.2, 0.25) is 8.87 Å². The Balaban J connectivity index is 0. The van der Waals surface area contributed by atoms with Crippen LogP contribution in [0.1, 0.15) is 90.9 Å². The summed E-state index contributed by atoms with van der Waals surface area (Å²) in [6.45, 7) is 4.60. The quantitative estimate of drug-likeness (QED) is 0.155. The van der Waals surface area contributed by atoms with E-state index in [1.807, 2.05) is 0 Å². The maximum Gasteiger partial charge on any atom is -0.813 e. The van der Waals surface area contributed by atoms with E-state index < -0.39 is 0 Å². The zero-order valence-electron chi connectivity index (χ0n) is 12.8. The van der Waals surface area contributed by atoms with Crippen LogP contribution < -0.4 is 0 Å². The number of thiol groups is 1. The number of unbranched alkanes of at least 4 members (excludes halogenated alkanes) is 10. The van der Waals surface area contributed by atoms with Gasteiger partial charge in [0.05, 0.1) is 0 Å². The molecule has 1 radical (unpaired) electrons. The molecule has 0 atom stereocenters. The van der Waals surface area contributed by atoms with Crippen molar-refractivity contribution in [2.24, 2.45) is 0 Å². The largest absolute Gasteiger partial charge is 0.813 e. The molecule has 0 spiro atoms. The fourth-order valence-electron chi connectivity index (χ4n) is 2.19. The van der Waals surface area contributed by atoms with Crippen molar-refractivity contribution in [1.29, 1.82) is 0 Å². The van der Waals surface area contributed by atoms with Gasteiger partial charge in [0, 0.05) is 0 Å². The van der Waals surface area contributed by atoms with E-state index in [0.29, 0.717) is 0 Å². The first kappa shape index (κ1) is 21.4. The van der Waals surface area contributed by atoms with Gasteiger partial charge in [0.2, 0.25) is 0 Å². The first-order valence-electron chi connectivity index (χ1n) is 8.12. The normalized spacial score (nSPS) is 10.1. The molecule has 0 aromatic carbocycles. The maximum atomic E-state index is 2.30. The molecule has 0 amide bonds. The van der Waals surface area contributed by atoms with Gasteiger partial charge in [-0.1, -0.05) is 0 Å². The maximum absolute atomic E-state index is 2.30. The molecule has 0 aliphatic heterocycles. The van der Waals surface area contributed by atoms with Gasteiger partial charge in [0.1, 0.15) is 0 Å². The molecule has 0 aromatic heterocycles. The van der Waals surface area contributed by atoms with Gasteiger partial charge in [0.25, 0.3) is 0 Å². The van der Waals surface area contributed by atoms with Crippen LogP contribution in [0.4, 0.5) is 0 Å². The van der Waals surface area contributed by atoms with Crippen molar-refractivity contribution >= 4 is 34.6 Å². The molecule has 0 aliphatic rings. The van der Waals surface area contributed by atoms with Crippen molar-refractivity contribution in [3.63, 3.8) is 0 Å². The molecule has 0 unspecified atom stereocenters. The average Bonchev–Trinajstić information content (AvgIpc) is 2.35. The summed E-state index contributed by atoms with van der Waals surface area (Å²) < 4.78 is 3.31. The second-order valence-electron chi connectivity index (χ2n) is 5.29. The summed E-state index contributed by atoms with van der Waals surface area (Å²) in [5.41, 5.74) is 0. The molecule has 0 nitrogen and oxygen atoms in total. The second kappa shape index (κ2) is 20.5. The molecule has 0 heterocycles. The van der Waals surface area contributed by atoms with Crippen LogP contribution in [-0.2, 0) is 13.5 Å². The second-order valence-corrected chi connectivity index (χ2v) is 9.57. The van der Waals surface area contributed by atoms with Crippen molar-refractivity contribution in [3.8, 4) is 0 Å². The van der Waals surface area contributed by atoms with Gasteiger partial charge in [-0.05, 0) is 0 Å². The zero-order valence-corrected chi connectivity index (χ0v) is 16.6. The Bertz CT molecular complexity index is 114. The molecule has 0 bridgehead atoms. The van der Waals surface area contributed by atoms with Crippen molar-refractivity contribution in [2.75, 3.05) is 0 Å². The fraction of sp³-hybridized carbons (Fsp3) is 1.00. The number of hydrogen-bond acceptors (Lipinski definition) is 1. The minimum Gasteiger partial charge on any atom is -0.813 e. The fourth-order valence-corrected chi connectivity index (χ4v) is 5.75. The molecule has 18 heavy (non-hydrogen) atoms. The summed E-state index contributed by atoms with van der Waals surface area (Å²) in [7, 11) is 0. The predicted octanol–water partition coefficient (Wildman–Crippen LogP) is 5.98. The van der Waals surface area contributed by atoms with Crippen LogP contribution in [-0.4, -0.2) is 21.1 Å². The minimum atomic E-state index is 0. The standard InChI is InChI=1S/2C8H17.H2S.Sn/c2*1-3-5-7-8-6-4-2;;/h2*1,3-8H2,2H3;1H2;/q;;;+1/p-1. The molecule has 0 saturated heterocycles. The summed E-state index contributed by atoms with van der Waals surface area (Å²) in [5.74, 6) is 0. The van der Waals surface area contributed by atoms with Crippen LogP contribution >= 0.6 is 0 Å². The van der Waals surface area contributed by atoms with Crippen molar-refractivity contribution in [1.82, 2.24) is 0 Å². The Kier molecular flexibility index (Phi) is 24.4. The molecular weight excluding hydrogens is 343 g/mol. The molecule has 0 aromatic rings. The van der Waals surface area contributed by atoms with Gasteiger partial charge in [-0.3, -0.25) is 0 Å². The van der Waals surface area contributed by atoms with E-state index in [-0.39, 0.29) is 34.6 Å². The van der Waals surface area contributed by atoms with Crippen LogP contribution in [0.3, 0.4) is 0 Å². The summed E-state index contributed by atoms with van der Waals surface area (Å²) in [4.78, 5) is 0. The molecule has 0 rings (SSSR count). The van der Waals surface area contributed by atoms with Gasteiger partial charge >= 0.3 is 121 Å². The molecule has 0 N–H and O–H groups in total. The zero-order chi connectivity index (χ0) is 12.6.